The molecule has 0 spiro atoms. The van der Waals surface area contributed by atoms with E-state index in [0.29, 0.717) is 22.9 Å². The van der Waals surface area contributed by atoms with Crippen LogP contribution in [0.1, 0.15) is 37.4 Å². The number of rotatable bonds is 7. The molecule has 0 saturated heterocycles. The van der Waals surface area contributed by atoms with Gasteiger partial charge in [0.15, 0.2) is 5.75 Å². The van der Waals surface area contributed by atoms with Gasteiger partial charge in [0, 0.05) is 12.6 Å². The molecule has 1 heterocycles. The third-order valence-corrected chi connectivity index (χ3v) is 3.40. The maximum absolute atomic E-state index is 12.0. The highest BCUT2D eigenvalue weighted by Crippen LogP contribution is 2.43. The Kier molecular flexibility index (Phi) is 5.88. The molecule has 112 valence electrons. The van der Waals surface area contributed by atoms with E-state index in [2.05, 4.69) is 17.2 Å². The molecule has 0 aliphatic carbocycles. The molecule has 1 aromatic heterocycles. The SMILES string of the molecule is C=CCNC(=O)c1sc(NC(C)C)c(OC(C)C)c1N. The summed E-state index contributed by atoms with van der Waals surface area (Å²) in [5, 5.41) is 6.78. The quantitative estimate of drug-likeness (QED) is 0.676. The summed E-state index contributed by atoms with van der Waals surface area (Å²) in [6, 6.07) is 0.228. The van der Waals surface area contributed by atoms with Gasteiger partial charge in [0.1, 0.15) is 15.6 Å². The van der Waals surface area contributed by atoms with Crippen molar-refractivity contribution in [3.63, 3.8) is 0 Å². The van der Waals surface area contributed by atoms with E-state index < -0.39 is 0 Å². The fourth-order valence-electron chi connectivity index (χ4n) is 1.55. The molecule has 5 nitrogen and oxygen atoms in total. The molecule has 1 amide bonds. The van der Waals surface area contributed by atoms with Gasteiger partial charge in [-0.05, 0) is 27.7 Å². The van der Waals surface area contributed by atoms with Gasteiger partial charge in [-0.2, -0.15) is 0 Å². The molecule has 0 unspecified atom stereocenters. The number of nitrogen functional groups attached to an aromatic ring is 1. The highest BCUT2D eigenvalue weighted by Gasteiger charge is 2.23. The zero-order chi connectivity index (χ0) is 15.3. The Hall–Kier alpha value is -1.69. The number of anilines is 2. The van der Waals surface area contributed by atoms with Crippen LogP contribution in [0.3, 0.4) is 0 Å². The predicted molar refractivity (Wildman–Crippen MR) is 85.8 cm³/mol. The van der Waals surface area contributed by atoms with Crippen molar-refractivity contribution in [2.24, 2.45) is 0 Å². The fraction of sp³-hybridized carbons (Fsp3) is 0.500. The van der Waals surface area contributed by atoms with E-state index >= 15 is 0 Å². The average molecular weight is 297 g/mol. The minimum Gasteiger partial charge on any atom is -0.486 e. The first-order chi connectivity index (χ1) is 9.36. The van der Waals surface area contributed by atoms with Crippen molar-refractivity contribution in [1.29, 1.82) is 0 Å². The molecule has 0 aliphatic rings. The Bertz CT molecular complexity index is 481. The van der Waals surface area contributed by atoms with Gasteiger partial charge in [-0.3, -0.25) is 4.79 Å². The summed E-state index contributed by atoms with van der Waals surface area (Å²) >= 11 is 1.31. The highest BCUT2D eigenvalue weighted by atomic mass is 32.1. The zero-order valence-electron chi connectivity index (χ0n) is 12.4. The highest BCUT2D eigenvalue weighted by molar-refractivity contribution is 7.19. The first kappa shape index (κ1) is 16.4. The van der Waals surface area contributed by atoms with Crippen LogP contribution in [0.2, 0.25) is 0 Å². The van der Waals surface area contributed by atoms with Gasteiger partial charge >= 0.3 is 0 Å². The van der Waals surface area contributed by atoms with Gasteiger partial charge < -0.3 is 21.1 Å². The molecule has 0 aromatic carbocycles. The monoisotopic (exact) mass is 297 g/mol. The number of nitrogens with two attached hydrogens (primary N) is 1. The Morgan fingerprint density at radius 1 is 1.45 bits per heavy atom. The number of ether oxygens (including phenoxy) is 1. The van der Waals surface area contributed by atoms with Gasteiger partial charge in [-0.25, -0.2) is 0 Å². The number of nitrogens with one attached hydrogen (secondary N) is 2. The predicted octanol–water partition coefficient (Wildman–Crippen LogP) is 2.85. The van der Waals surface area contributed by atoms with E-state index in [1.54, 1.807) is 6.08 Å². The molecule has 0 atom stereocenters. The summed E-state index contributed by atoms with van der Waals surface area (Å²) in [6.45, 7) is 11.9. The molecule has 20 heavy (non-hydrogen) atoms. The van der Waals surface area contributed by atoms with Crippen molar-refractivity contribution in [3.05, 3.63) is 17.5 Å². The van der Waals surface area contributed by atoms with Gasteiger partial charge in [0.2, 0.25) is 0 Å². The Labute approximate surface area is 124 Å². The fourth-order valence-corrected chi connectivity index (χ4v) is 2.67. The first-order valence-corrected chi connectivity index (χ1v) is 7.43. The van der Waals surface area contributed by atoms with Gasteiger partial charge in [-0.15, -0.1) is 17.9 Å². The van der Waals surface area contributed by atoms with Crippen LogP contribution in [0.25, 0.3) is 0 Å². The molecule has 0 bridgehead atoms. The molecule has 0 saturated carbocycles. The molecule has 6 heteroatoms. The van der Waals surface area contributed by atoms with Crippen molar-refractivity contribution in [3.8, 4) is 5.75 Å². The van der Waals surface area contributed by atoms with Gasteiger partial charge in [-0.1, -0.05) is 6.08 Å². The second kappa shape index (κ2) is 7.19. The van der Waals surface area contributed by atoms with E-state index in [0.717, 1.165) is 5.00 Å². The van der Waals surface area contributed by atoms with Crippen molar-refractivity contribution in [2.45, 2.75) is 39.8 Å². The zero-order valence-corrected chi connectivity index (χ0v) is 13.3. The van der Waals surface area contributed by atoms with Crippen LogP contribution in [-0.4, -0.2) is 24.6 Å². The summed E-state index contributed by atoms with van der Waals surface area (Å²) in [5.41, 5.74) is 6.44. The Morgan fingerprint density at radius 2 is 2.10 bits per heavy atom. The second-order valence-electron chi connectivity index (χ2n) is 4.97. The molecule has 0 radical (unpaired) electrons. The molecule has 0 aliphatic heterocycles. The number of carbonyl (C=O) groups excluding carboxylic acids is 1. The van der Waals surface area contributed by atoms with Crippen LogP contribution >= 0.6 is 11.3 Å². The van der Waals surface area contributed by atoms with E-state index in [1.807, 2.05) is 27.7 Å². The number of carbonyl (C=O) groups is 1. The second-order valence-corrected chi connectivity index (χ2v) is 5.99. The lowest BCUT2D eigenvalue weighted by atomic mass is 10.3. The van der Waals surface area contributed by atoms with Crippen LogP contribution in [0.15, 0.2) is 12.7 Å². The van der Waals surface area contributed by atoms with Crippen LogP contribution in [-0.2, 0) is 0 Å². The van der Waals surface area contributed by atoms with Gasteiger partial charge in [0.05, 0.1) is 6.10 Å². The average Bonchev–Trinajstić information content (AvgIpc) is 2.63. The smallest absolute Gasteiger partial charge is 0.263 e. The third-order valence-electron chi connectivity index (χ3n) is 2.29. The number of amides is 1. The largest absolute Gasteiger partial charge is 0.486 e. The summed E-state index contributed by atoms with van der Waals surface area (Å²) in [7, 11) is 0. The lowest BCUT2D eigenvalue weighted by molar-refractivity contribution is 0.0962. The van der Waals surface area contributed by atoms with E-state index in [9.17, 15) is 4.79 Å². The van der Waals surface area contributed by atoms with Gasteiger partial charge in [0.25, 0.3) is 5.91 Å². The third kappa shape index (κ3) is 4.16. The number of hydrogen-bond donors (Lipinski definition) is 3. The maximum Gasteiger partial charge on any atom is 0.263 e. The summed E-state index contributed by atoms with van der Waals surface area (Å²) in [5.74, 6) is 0.347. The summed E-state index contributed by atoms with van der Waals surface area (Å²) in [6.07, 6.45) is 1.62. The lowest BCUT2D eigenvalue weighted by Gasteiger charge is -2.14. The van der Waals surface area contributed by atoms with Crippen molar-refractivity contribution >= 4 is 27.9 Å². The van der Waals surface area contributed by atoms with Crippen molar-refractivity contribution < 1.29 is 9.53 Å². The summed E-state index contributed by atoms with van der Waals surface area (Å²) < 4.78 is 5.74. The Morgan fingerprint density at radius 3 is 2.60 bits per heavy atom. The molecule has 1 rings (SSSR count). The first-order valence-electron chi connectivity index (χ1n) is 6.61. The molecule has 0 fully saturated rings. The lowest BCUT2D eigenvalue weighted by Crippen LogP contribution is -2.23. The van der Waals surface area contributed by atoms with Crippen LogP contribution in [0.5, 0.6) is 5.75 Å². The van der Waals surface area contributed by atoms with Crippen LogP contribution in [0.4, 0.5) is 10.7 Å². The molecule has 1 aromatic rings. The topological polar surface area (TPSA) is 76.4 Å². The van der Waals surface area contributed by atoms with Crippen molar-refractivity contribution in [1.82, 2.24) is 5.32 Å². The Balaban J connectivity index is 3.10. The van der Waals surface area contributed by atoms with E-state index in [-0.39, 0.29) is 18.1 Å². The summed E-state index contributed by atoms with van der Waals surface area (Å²) in [4.78, 5) is 12.5. The minimum atomic E-state index is -0.210. The van der Waals surface area contributed by atoms with Crippen molar-refractivity contribution in [2.75, 3.05) is 17.6 Å². The number of thiophene rings is 1. The van der Waals surface area contributed by atoms with E-state index in [4.69, 9.17) is 10.5 Å². The molecular formula is C14H23N3O2S. The van der Waals surface area contributed by atoms with E-state index in [1.165, 1.54) is 11.3 Å². The molecule has 4 N–H and O–H groups in total. The minimum absolute atomic E-state index is 0.0105. The van der Waals surface area contributed by atoms with Crippen LogP contribution in [0, 0.1) is 0 Å². The number of hydrogen-bond acceptors (Lipinski definition) is 5. The standard InChI is InChI=1S/C14H23N3O2S/c1-6-7-16-13(18)12-10(15)11(19-9(4)5)14(20-12)17-8(2)3/h6,8-9,17H,1,7,15H2,2-5H3,(H,16,18). The normalized spacial score (nSPS) is 10.7. The van der Waals surface area contributed by atoms with Crippen LogP contribution < -0.4 is 21.1 Å². The molecular weight excluding hydrogens is 274 g/mol. The maximum atomic E-state index is 12.0.